The Morgan fingerprint density at radius 2 is 2.19 bits per heavy atom. The normalized spacial score (nSPS) is 29.5. The third kappa shape index (κ3) is 3.54. The summed E-state index contributed by atoms with van der Waals surface area (Å²) in [6, 6.07) is 5.22. The Morgan fingerprint density at radius 1 is 1.38 bits per heavy atom. The van der Waals surface area contributed by atoms with E-state index < -0.39 is 0 Å². The standard InChI is InChI=1S/C16H27N5/c1-2-4-18-14(10-13-3-5-19-16(17)11-13)15-12-20-6-8-21(15)9-7-20/h3,5,11,14-15,18H,2,4,6-10,12H2,1H3,(H2,17,19). The maximum Gasteiger partial charge on any atom is 0.123 e. The van der Waals surface area contributed by atoms with Crippen LogP contribution in [0.25, 0.3) is 0 Å². The summed E-state index contributed by atoms with van der Waals surface area (Å²) < 4.78 is 0. The third-order valence-corrected chi connectivity index (χ3v) is 4.74. The summed E-state index contributed by atoms with van der Waals surface area (Å²) in [5.74, 6) is 0.621. The average Bonchev–Trinajstić information content (AvgIpc) is 2.52. The minimum Gasteiger partial charge on any atom is -0.384 e. The van der Waals surface area contributed by atoms with Gasteiger partial charge < -0.3 is 11.1 Å². The van der Waals surface area contributed by atoms with Crippen molar-refractivity contribution < 1.29 is 0 Å². The van der Waals surface area contributed by atoms with Crippen molar-refractivity contribution in [2.45, 2.75) is 31.8 Å². The smallest absolute Gasteiger partial charge is 0.123 e. The van der Waals surface area contributed by atoms with Crippen LogP contribution in [0.1, 0.15) is 18.9 Å². The molecule has 2 atom stereocenters. The van der Waals surface area contributed by atoms with Crippen molar-refractivity contribution in [2.24, 2.45) is 0 Å². The molecule has 116 valence electrons. The topological polar surface area (TPSA) is 57.4 Å². The second-order valence-corrected chi connectivity index (χ2v) is 6.26. The Balaban J connectivity index is 1.71. The molecule has 0 spiro atoms. The van der Waals surface area contributed by atoms with Crippen LogP contribution in [0.2, 0.25) is 0 Å². The fraction of sp³-hybridized carbons (Fsp3) is 0.688. The van der Waals surface area contributed by atoms with E-state index in [1.807, 2.05) is 12.3 Å². The Labute approximate surface area is 127 Å². The van der Waals surface area contributed by atoms with E-state index in [1.54, 1.807) is 0 Å². The number of nitrogen functional groups attached to an aromatic ring is 1. The van der Waals surface area contributed by atoms with Crippen molar-refractivity contribution >= 4 is 5.82 Å². The number of anilines is 1. The molecule has 4 heterocycles. The molecule has 5 nitrogen and oxygen atoms in total. The highest BCUT2D eigenvalue weighted by Crippen LogP contribution is 2.21. The quantitative estimate of drug-likeness (QED) is 0.802. The number of hydrogen-bond acceptors (Lipinski definition) is 5. The van der Waals surface area contributed by atoms with Gasteiger partial charge in [-0.15, -0.1) is 0 Å². The maximum atomic E-state index is 5.82. The highest BCUT2D eigenvalue weighted by Gasteiger charge is 2.36. The number of pyridine rings is 1. The van der Waals surface area contributed by atoms with E-state index in [-0.39, 0.29) is 0 Å². The monoisotopic (exact) mass is 289 g/mol. The first kappa shape index (κ1) is 14.8. The lowest BCUT2D eigenvalue weighted by molar-refractivity contribution is -0.00309. The molecule has 0 saturated carbocycles. The highest BCUT2D eigenvalue weighted by atomic mass is 15.4. The average molecular weight is 289 g/mol. The molecule has 3 aliphatic heterocycles. The van der Waals surface area contributed by atoms with E-state index >= 15 is 0 Å². The van der Waals surface area contributed by atoms with Gasteiger partial charge in [0.1, 0.15) is 5.82 Å². The van der Waals surface area contributed by atoms with Gasteiger partial charge in [-0.05, 0) is 37.1 Å². The third-order valence-electron chi connectivity index (χ3n) is 4.74. The lowest BCUT2D eigenvalue weighted by Crippen LogP contribution is -2.66. The zero-order valence-electron chi connectivity index (χ0n) is 13.0. The molecular formula is C16H27N5. The number of hydrogen-bond donors (Lipinski definition) is 2. The van der Waals surface area contributed by atoms with Crippen LogP contribution in [0.4, 0.5) is 5.82 Å². The first-order valence-electron chi connectivity index (χ1n) is 8.16. The molecule has 4 rings (SSSR count). The van der Waals surface area contributed by atoms with Gasteiger partial charge in [0, 0.05) is 51.0 Å². The van der Waals surface area contributed by atoms with E-state index in [2.05, 4.69) is 33.1 Å². The van der Waals surface area contributed by atoms with Crippen LogP contribution in [0.3, 0.4) is 0 Å². The molecule has 5 heteroatoms. The van der Waals surface area contributed by atoms with E-state index in [1.165, 1.54) is 44.7 Å². The van der Waals surface area contributed by atoms with Crippen LogP contribution in [-0.4, -0.2) is 66.1 Å². The Bertz CT molecular complexity index is 456. The molecule has 2 bridgehead atoms. The van der Waals surface area contributed by atoms with Crippen molar-refractivity contribution in [1.82, 2.24) is 20.1 Å². The molecule has 21 heavy (non-hydrogen) atoms. The van der Waals surface area contributed by atoms with Gasteiger partial charge in [0.15, 0.2) is 0 Å². The van der Waals surface area contributed by atoms with E-state index in [0.29, 0.717) is 17.9 Å². The molecule has 1 aromatic heterocycles. The van der Waals surface area contributed by atoms with Gasteiger partial charge in [-0.1, -0.05) is 6.92 Å². The van der Waals surface area contributed by atoms with E-state index in [4.69, 9.17) is 5.73 Å². The summed E-state index contributed by atoms with van der Waals surface area (Å²) in [6.07, 6.45) is 4.02. The van der Waals surface area contributed by atoms with Crippen LogP contribution in [0, 0.1) is 0 Å². The van der Waals surface area contributed by atoms with Gasteiger partial charge in [0.2, 0.25) is 0 Å². The van der Waals surface area contributed by atoms with Gasteiger partial charge in [-0.3, -0.25) is 9.80 Å². The van der Waals surface area contributed by atoms with Crippen molar-refractivity contribution in [1.29, 1.82) is 0 Å². The first-order valence-corrected chi connectivity index (χ1v) is 8.16. The van der Waals surface area contributed by atoms with Crippen molar-refractivity contribution in [3.8, 4) is 0 Å². The number of piperazine rings is 3. The van der Waals surface area contributed by atoms with Crippen LogP contribution in [0.5, 0.6) is 0 Å². The van der Waals surface area contributed by atoms with Gasteiger partial charge in [-0.25, -0.2) is 4.98 Å². The predicted octanol–water partition coefficient (Wildman–Crippen LogP) is 0.574. The summed E-state index contributed by atoms with van der Waals surface area (Å²) in [5, 5.41) is 3.76. The Morgan fingerprint density at radius 3 is 2.81 bits per heavy atom. The van der Waals surface area contributed by atoms with Crippen LogP contribution >= 0.6 is 0 Å². The number of nitrogens with one attached hydrogen (secondary N) is 1. The van der Waals surface area contributed by atoms with Crippen LogP contribution in [-0.2, 0) is 6.42 Å². The zero-order valence-corrected chi connectivity index (χ0v) is 13.0. The summed E-state index contributed by atoms with van der Waals surface area (Å²) in [4.78, 5) is 9.37. The van der Waals surface area contributed by atoms with Gasteiger partial charge in [0.25, 0.3) is 0 Å². The van der Waals surface area contributed by atoms with Gasteiger partial charge in [0.05, 0.1) is 0 Å². The first-order chi connectivity index (χ1) is 10.3. The summed E-state index contributed by atoms with van der Waals surface area (Å²) in [6.45, 7) is 9.40. The summed E-state index contributed by atoms with van der Waals surface area (Å²) >= 11 is 0. The maximum absolute atomic E-state index is 5.82. The minimum atomic E-state index is 0.495. The minimum absolute atomic E-state index is 0.495. The predicted molar refractivity (Wildman–Crippen MR) is 86.2 cm³/mol. The molecule has 0 radical (unpaired) electrons. The number of fused-ring (bicyclic) bond motifs is 3. The molecule has 3 fully saturated rings. The van der Waals surface area contributed by atoms with Gasteiger partial charge >= 0.3 is 0 Å². The molecule has 0 amide bonds. The van der Waals surface area contributed by atoms with E-state index in [9.17, 15) is 0 Å². The number of nitrogens with zero attached hydrogens (tertiary/aromatic N) is 3. The number of nitrogens with two attached hydrogens (primary N) is 1. The number of rotatable bonds is 6. The SMILES string of the molecule is CCCNC(Cc1ccnc(N)c1)C1CN2CCN1CC2. The molecule has 3 saturated heterocycles. The molecule has 3 aliphatic rings. The second-order valence-electron chi connectivity index (χ2n) is 6.26. The van der Waals surface area contributed by atoms with Crippen molar-refractivity contribution in [3.05, 3.63) is 23.9 Å². The van der Waals surface area contributed by atoms with Gasteiger partial charge in [-0.2, -0.15) is 0 Å². The molecule has 0 aliphatic carbocycles. The second kappa shape index (κ2) is 6.73. The molecule has 2 unspecified atom stereocenters. The van der Waals surface area contributed by atoms with Crippen molar-refractivity contribution in [3.63, 3.8) is 0 Å². The molecular weight excluding hydrogens is 262 g/mol. The lowest BCUT2D eigenvalue weighted by atomic mass is 9.94. The molecule has 3 N–H and O–H groups in total. The van der Waals surface area contributed by atoms with Crippen LogP contribution in [0.15, 0.2) is 18.3 Å². The molecule has 1 aromatic rings. The highest BCUT2D eigenvalue weighted by molar-refractivity contribution is 5.32. The lowest BCUT2D eigenvalue weighted by Gasteiger charge is -2.50. The zero-order chi connectivity index (χ0) is 14.7. The Hall–Kier alpha value is -1.17. The molecule has 0 aromatic carbocycles. The van der Waals surface area contributed by atoms with Crippen LogP contribution < -0.4 is 11.1 Å². The number of aromatic nitrogens is 1. The fourth-order valence-corrected chi connectivity index (χ4v) is 3.59. The summed E-state index contributed by atoms with van der Waals surface area (Å²) in [5.41, 5.74) is 7.11. The fourth-order valence-electron chi connectivity index (χ4n) is 3.59. The Kier molecular flexibility index (Phi) is 4.73. The summed E-state index contributed by atoms with van der Waals surface area (Å²) in [7, 11) is 0. The van der Waals surface area contributed by atoms with E-state index in [0.717, 1.165) is 13.0 Å². The van der Waals surface area contributed by atoms with Crippen molar-refractivity contribution in [2.75, 3.05) is 45.0 Å². The largest absolute Gasteiger partial charge is 0.384 e.